The summed E-state index contributed by atoms with van der Waals surface area (Å²) in [5, 5.41) is 8.87. The van der Waals surface area contributed by atoms with E-state index in [0.717, 1.165) is 12.1 Å². The number of morpholine rings is 1. The molecule has 0 aliphatic carbocycles. The summed E-state index contributed by atoms with van der Waals surface area (Å²) in [6.45, 7) is 2.23. The minimum absolute atomic E-state index is 0.154. The van der Waals surface area contributed by atoms with Crippen LogP contribution in [0.1, 0.15) is 5.56 Å². The van der Waals surface area contributed by atoms with Gasteiger partial charge in [0.25, 0.3) is 0 Å². The van der Waals surface area contributed by atoms with Gasteiger partial charge >= 0.3 is 0 Å². The third kappa shape index (κ3) is 1.97. The van der Waals surface area contributed by atoms with Gasteiger partial charge in [-0.15, -0.1) is 0 Å². The summed E-state index contributed by atoms with van der Waals surface area (Å²) in [4.78, 5) is 1.82. The quantitative estimate of drug-likeness (QED) is 0.728. The van der Waals surface area contributed by atoms with Crippen molar-refractivity contribution in [2.75, 3.05) is 31.2 Å². The molecule has 1 saturated heterocycles. The first-order valence-corrected chi connectivity index (χ1v) is 4.94. The van der Waals surface area contributed by atoms with Crippen LogP contribution in [0.3, 0.4) is 0 Å². The Morgan fingerprint density at radius 3 is 2.44 bits per heavy atom. The lowest BCUT2D eigenvalue weighted by atomic mass is 10.1. The fourth-order valence-corrected chi connectivity index (χ4v) is 1.69. The molecule has 0 atom stereocenters. The second-order valence-electron chi connectivity index (χ2n) is 3.49. The van der Waals surface area contributed by atoms with Gasteiger partial charge in [0, 0.05) is 19.2 Å². The number of halogens is 2. The van der Waals surface area contributed by atoms with E-state index >= 15 is 0 Å². The second kappa shape index (κ2) is 4.45. The van der Waals surface area contributed by atoms with Crippen LogP contribution in [-0.4, -0.2) is 26.3 Å². The van der Waals surface area contributed by atoms with Crippen LogP contribution < -0.4 is 4.90 Å². The molecule has 0 N–H and O–H groups in total. The van der Waals surface area contributed by atoms with E-state index in [1.165, 1.54) is 0 Å². The molecule has 1 aliphatic rings. The zero-order valence-corrected chi connectivity index (χ0v) is 8.54. The second-order valence-corrected chi connectivity index (χ2v) is 3.49. The molecule has 0 amide bonds. The largest absolute Gasteiger partial charge is 0.378 e. The molecule has 1 aromatic carbocycles. The molecule has 0 unspecified atom stereocenters. The summed E-state index contributed by atoms with van der Waals surface area (Å²) in [5.74, 6) is -1.92. The lowest BCUT2D eigenvalue weighted by molar-refractivity contribution is 0.122. The van der Waals surface area contributed by atoms with Crippen molar-refractivity contribution < 1.29 is 13.5 Å². The van der Waals surface area contributed by atoms with Crippen molar-refractivity contribution in [1.82, 2.24) is 0 Å². The molecule has 0 radical (unpaired) electrons. The number of benzene rings is 1. The van der Waals surface area contributed by atoms with Crippen molar-refractivity contribution >= 4 is 5.69 Å². The van der Waals surface area contributed by atoms with Gasteiger partial charge in [-0.1, -0.05) is 0 Å². The van der Waals surface area contributed by atoms with Crippen molar-refractivity contribution in [2.45, 2.75) is 0 Å². The first kappa shape index (κ1) is 10.8. The summed E-state index contributed by atoms with van der Waals surface area (Å²) in [6, 6.07) is 3.87. The first-order chi connectivity index (χ1) is 7.72. The summed E-state index contributed by atoms with van der Waals surface area (Å²) < 4.78 is 31.2. The molecule has 1 fully saturated rings. The molecule has 5 heteroatoms. The lowest BCUT2D eigenvalue weighted by Gasteiger charge is -2.29. The third-order valence-corrected chi connectivity index (χ3v) is 2.51. The fraction of sp³-hybridized carbons (Fsp3) is 0.364. The summed E-state index contributed by atoms with van der Waals surface area (Å²) in [7, 11) is 0. The fourth-order valence-electron chi connectivity index (χ4n) is 1.69. The SMILES string of the molecule is N#Cc1cc(F)c(F)cc1N1CCOCC1. The summed E-state index contributed by atoms with van der Waals surface area (Å²) in [6.07, 6.45) is 0. The van der Waals surface area contributed by atoms with Crippen molar-refractivity contribution in [3.63, 3.8) is 0 Å². The zero-order valence-electron chi connectivity index (χ0n) is 8.54. The minimum Gasteiger partial charge on any atom is -0.378 e. The molecule has 1 aromatic rings. The van der Waals surface area contributed by atoms with Crippen LogP contribution in [0.5, 0.6) is 0 Å². The molecule has 16 heavy (non-hydrogen) atoms. The Morgan fingerprint density at radius 2 is 1.81 bits per heavy atom. The van der Waals surface area contributed by atoms with E-state index < -0.39 is 11.6 Å². The Bertz CT molecular complexity index is 436. The molecule has 0 saturated carbocycles. The lowest BCUT2D eigenvalue weighted by Crippen LogP contribution is -2.36. The molecular weight excluding hydrogens is 214 g/mol. The van der Waals surface area contributed by atoms with E-state index in [9.17, 15) is 8.78 Å². The topological polar surface area (TPSA) is 36.3 Å². The van der Waals surface area contributed by atoms with Gasteiger partial charge in [-0.3, -0.25) is 0 Å². The number of nitrogens with zero attached hydrogens (tertiary/aromatic N) is 2. The van der Waals surface area contributed by atoms with Gasteiger partial charge in [-0.2, -0.15) is 5.26 Å². The Morgan fingerprint density at radius 1 is 1.19 bits per heavy atom. The van der Waals surface area contributed by atoms with Gasteiger partial charge in [0.2, 0.25) is 0 Å². The van der Waals surface area contributed by atoms with Crippen LogP contribution in [0.25, 0.3) is 0 Å². The minimum atomic E-state index is -0.992. The number of rotatable bonds is 1. The Labute approximate surface area is 91.8 Å². The molecule has 0 aromatic heterocycles. The van der Waals surface area contributed by atoms with Crippen molar-refractivity contribution in [1.29, 1.82) is 5.26 Å². The van der Waals surface area contributed by atoms with Crippen LogP contribution in [0.4, 0.5) is 14.5 Å². The summed E-state index contributed by atoms with van der Waals surface area (Å²) >= 11 is 0. The van der Waals surface area contributed by atoms with Crippen LogP contribution in [0.2, 0.25) is 0 Å². The van der Waals surface area contributed by atoms with Crippen molar-refractivity contribution in [3.05, 3.63) is 29.3 Å². The van der Waals surface area contributed by atoms with Gasteiger partial charge in [0.1, 0.15) is 6.07 Å². The number of hydrogen-bond donors (Lipinski definition) is 0. The van der Waals surface area contributed by atoms with Gasteiger partial charge in [-0.05, 0) is 6.07 Å². The molecule has 3 nitrogen and oxygen atoms in total. The van der Waals surface area contributed by atoms with Crippen LogP contribution in [0.15, 0.2) is 12.1 Å². The normalized spacial score (nSPS) is 15.9. The Kier molecular flexibility index (Phi) is 3.02. The number of anilines is 1. The molecule has 84 valence electrons. The highest BCUT2D eigenvalue weighted by Crippen LogP contribution is 2.24. The predicted molar refractivity (Wildman–Crippen MR) is 54.1 cm³/mol. The monoisotopic (exact) mass is 224 g/mol. The van der Waals surface area contributed by atoms with Crippen LogP contribution >= 0.6 is 0 Å². The molecule has 1 heterocycles. The highest BCUT2D eigenvalue weighted by atomic mass is 19.2. The van der Waals surface area contributed by atoms with Crippen LogP contribution in [0, 0.1) is 23.0 Å². The number of hydrogen-bond acceptors (Lipinski definition) is 3. The van der Waals surface area contributed by atoms with Crippen molar-refractivity contribution in [3.8, 4) is 6.07 Å². The highest BCUT2D eigenvalue weighted by Gasteiger charge is 2.17. The average Bonchev–Trinajstić information content (AvgIpc) is 2.33. The van der Waals surface area contributed by atoms with Crippen molar-refractivity contribution in [2.24, 2.45) is 0 Å². The van der Waals surface area contributed by atoms with E-state index in [1.807, 2.05) is 11.0 Å². The number of ether oxygens (including phenoxy) is 1. The van der Waals surface area contributed by atoms with E-state index in [2.05, 4.69) is 0 Å². The maximum Gasteiger partial charge on any atom is 0.160 e. The maximum absolute atomic E-state index is 13.1. The van der Waals surface area contributed by atoms with E-state index in [1.54, 1.807) is 0 Å². The maximum atomic E-state index is 13.1. The first-order valence-electron chi connectivity index (χ1n) is 4.94. The van der Waals surface area contributed by atoms with Gasteiger partial charge in [0.15, 0.2) is 11.6 Å². The number of nitriles is 1. The predicted octanol–water partition coefficient (Wildman–Crippen LogP) is 1.67. The third-order valence-electron chi connectivity index (χ3n) is 2.51. The van der Waals surface area contributed by atoms with E-state index in [4.69, 9.17) is 10.00 Å². The molecule has 2 rings (SSSR count). The molecule has 0 bridgehead atoms. The molecular formula is C11H10F2N2O. The highest BCUT2D eigenvalue weighted by molar-refractivity contribution is 5.59. The van der Waals surface area contributed by atoms with Gasteiger partial charge < -0.3 is 9.64 Å². The summed E-state index contributed by atoms with van der Waals surface area (Å²) in [5.41, 5.74) is 0.588. The van der Waals surface area contributed by atoms with Crippen LogP contribution in [-0.2, 0) is 4.74 Å². The molecule has 0 spiro atoms. The van der Waals surface area contributed by atoms with E-state index in [0.29, 0.717) is 32.0 Å². The Hall–Kier alpha value is -1.67. The molecule has 1 aliphatic heterocycles. The smallest absolute Gasteiger partial charge is 0.160 e. The van der Waals surface area contributed by atoms with Gasteiger partial charge in [-0.25, -0.2) is 8.78 Å². The zero-order chi connectivity index (χ0) is 11.5. The van der Waals surface area contributed by atoms with E-state index in [-0.39, 0.29) is 5.56 Å². The van der Waals surface area contributed by atoms with Gasteiger partial charge in [0.05, 0.1) is 24.5 Å². The average molecular weight is 224 g/mol. The standard InChI is InChI=1S/C11H10F2N2O/c12-9-5-8(7-14)11(6-10(9)13)15-1-3-16-4-2-15/h5-6H,1-4H2. The Balaban J connectivity index is 2.38.